The molecule has 15 heavy (non-hydrogen) atoms. The van der Waals surface area contributed by atoms with Crippen LogP contribution in [0.15, 0.2) is 18.2 Å². The zero-order valence-electron chi connectivity index (χ0n) is 9.14. The Bertz CT molecular complexity index is 354. The third-order valence-electron chi connectivity index (χ3n) is 2.14. The molecule has 4 nitrogen and oxygen atoms in total. The van der Waals surface area contributed by atoms with Crippen molar-refractivity contribution in [1.82, 2.24) is 4.98 Å². The quantitative estimate of drug-likeness (QED) is 0.812. The van der Waals surface area contributed by atoms with Gasteiger partial charge in [0, 0.05) is 12.6 Å². The Labute approximate surface area is 90.3 Å². The van der Waals surface area contributed by atoms with E-state index in [0.717, 1.165) is 5.82 Å². The van der Waals surface area contributed by atoms with Crippen molar-refractivity contribution in [2.24, 2.45) is 0 Å². The molecule has 0 bridgehead atoms. The van der Waals surface area contributed by atoms with Crippen LogP contribution >= 0.6 is 0 Å². The van der Waals surface area contributed by atoms with E-state index in [4.69, 9.17) is 11.0 Å². The van der Waals surface area contributed by atoms with Crippen LogP contribution in [0.5, 0.6) is 0 Å². The molecule has 0 aliphatic heterocycles. The summed E-state index contributed by atoms with van der Waals surface area (Å²) < 4.78 is 0. The zero-order valence-corrected chi connectivity index (χ0v) is 9.14. The molecular formula is C11H16N4. The number of hydrogen-bond donors (Lipinski definition) is 1. The fraction of sp³-hybridized carbons (Fsp3) is 0.455. The van der Waals surface area contributed by atoms with E-state index in [0.29, 0.717) is 24.8 Å². The van der Waals surface area contributed by atoms with Gasteiger partial charge in [-0.1, -0.05) is 6.07 Å². The van der Waals surface area contributed by atoms with Crippen molar-refractivity contribution in [3.05, 3.63) is 18.2 Å². The summed E-state index contributed by atoms with van der Waals surface area (Å²) in [6.07, 6.45) is 0.495. The third-order valence-corrected chi connectivity index (χ3v) is 2.14. The van der Waals surface area contributed by atoms with E-state index in [1.807, 2.05) is 12.1 Å². The number of nitrogen functional groups attached to an aromatic ring is 1. The Hall–Kier alpha value is -1.76. The first kappa shape index (κ1) is 11.3. The van der Waals surface area contributed by atoms with Gasteiger partial charge in [-0.05, 0) is 26.0 Å². The van der Waals surface area contributed by atoms with Crippen LogP contribution < -0.4 is 10.6 Å². The molecule has 80 valence electrons. The number of aromatic nitrogens is 1. The van der Waals surface area contributed by atoms with Gasteiger partial charge in [-0.15, -0.1) is 0 Å². The van der Waals surface area contributed by atoms with Gasteiger partial charge >= 0.3 is 0 Å². The predicted molar refractivity (Wildman–Crippen MR) is 61.4 cm³/mol. The van der Waals surface area contributed by atoms with E-state index in [1.54, 1.807) is 6.07 Å². The maximum atomic E-state index is 8.58. The summed E-state index contributed by atoms with van der Waals surface area (Å²) in [7, 11) is 0. The molecular weight excluding hydrogens is 188 g/mol. The lowest BCUT2D eigenvalue weighted by molar-refractivity contribution is 0.677. The molecule has 0 atom stereocenters. The van der Waals surface area contributed by atoms with Gasteiger partial charge in [-0.2, -0.15) is 5.26 Å². The molecule has 1 aromatic rings. The molecule has 1 heterocycles. The number of nitrogens with zero attached hydrogens (tertiary/aromatic N) is 3. The monoisotopic (exact) mass is 204 g/mol. The highest BCUT2D eigenvalue weighted by molar-refractivity contribution is 5.45. The fourth-order valence-electron chi connectivity index (χ4n) is 1.41. The van der Waals surface area contributed by atoms with Crippen molar-refractivity contribution in [1.29, 1.82) is 5.26 Å². The molecule has 0 aliphatic carbocycles. The van der Waals surface area contributed by atoms with Gasteiger partial charge in [0.2, 0.25) is 0 Å². The number of pyridine rings is 1. The standard InChI is InChI=1S/C11H16N4/c1-9(2)15(8-4-7-12)11-6-3-5-10(13)14-11/h3,5-6,9H,4,8H2,1-2H3,(H2,13,14). The van der Waals surface area contributed by atoms with E-state index >= 15 is 0 Å². The van der Waals surface area contributed by atoms with Crippen LogP contribution in [0.3, 0.4) is 0 Å². The summed E-state index contributed by atoms with van der Waals surface area (Å²) >= 11 is 0. The molecule has 4 heteroatoms. The Morgan fingerprint density at radius 1 is 1.53 bits per heavy atom. The van der Waals surface area contributed by atoms with E-state index < -0.39 is 0 Å². The second-order valence-corrected chi connectivity index (χ2v) is 3.62. The Morgan fingerprint density at radius 2 is 2.27 bits per heavy atom. The highest BCUT2D eigenvalue weighted by Crippen LogP contribution is 2.15. The van der Waals surface area contributed by atoms with E-state index in [-0.39, 0.29) is 0 Å². The SMILES string of the molecule is CC(C)N(CCC#N)c1cccc(N)n1. The molecule has 0 unspecified atom stereocenters. The fourth-order valence-corrected chi connectivity index (χ4v) is 1.41. The number of anilines is 2. The average molecular weight is 204 g/mol. The van der Waals surface area contributed by atoms with Crippen molar-refractivity contribution < 1.29 is 0 Å². The van der Waals surface area contributed by atoms with Crippen LogP contribution in [-0.2, 0) is 0 Å². The number of nitrogens with two attached hydrogens (primary N) is 1. The summed E-state index contributed by atoms with van der Waals surface area (Å²) in [6.45, 7) is 4.83. The lowest BCUT2D eigenvalue weighted by Gasteiger charge is -2.26. The van der Waals surface area contributed by atoms with Gasteiger partial charge < -0.3 is 10.6 Å². The second kappa shape index (κ2) is 5.20. The summed E-state index contributed by atoms with van der Waals surface area (Å²) in [6, 6.07) is 7.99. The van der Waals surface area contributed by atoms with Gasteiger partial charge in [0.1, 0.15) is 11.6 Å². The smallest absolute Gasteiger partial charge is 0.131 e. The minimum Gasteiger partial charge on any atom is -0.384 e. The third kappa shape index (κ3) is 3.13. The molecule has 0 aromatic carbocycles. The van der Waals surface area contributed by atoms with Crippen molar-refractivity contribution in [2.45, 2.75) is 26.3 Å². The molecule has 0 amide bonds. The van der Waals surface area contributed by atoms with Crippen molar-refractivity contribution in [3.8, 4) is 6.07 Å². The minimum absolute atomic E-state index is 0.313. The van der Waals surface area contributed by atoms with Gasteiger partial charge in [0.25, 0.3) is 0 Å². The first-order valence-electron chi connectivity index (χ1n) is 5.01. The normalized spacial score (nSPS) is 10.0. The number of hydrogen-bond acceptors (Lipinski definition) is 4. The molecule has 0 aliphatic rings. The molecule has 1 aromatic heterocycles. The van der Waals surface area contributed by atoms with Crippen molar-refractivity contribution >= 4 is 11.6 Å². The summed E-state index contributed by atoms with van der Waals surface area (Å²) in [5.74, 6) is 1.34. The van der Waals surface area contributed by atoms with Crippen LogP contribution in [0.4, 0.5) is 11.6 Å². The summed E-state index contributed by atoms with van der Waals surface area (Å²) in [4.78, 5) is 6.31. The van der Waals surface area contributed by atoms with Crippen molar-refractivity contribution in [2.75, 3.05) is 17.2 Å². The van der Waals surface area contributed by atoms with Crippen LogP contribution in [-0.4, -0.2) is 17.6 Å². The highest BCUT2D eigenvalue weighted by Gasteiger charge is 2.11. The van der Waals surface area contributed by atoms with Crippen LogP contribution in [0.25, 0.3) is 0 Å². The van der Waals surface area contributed by atoms with Gasteiger partial charge in [0.05, 0.1) is 12.5 Å². The first-order chi connectivity index (χ1) is 7.15. The summed E-state index contributed by atoms with van der Waals surface area (Å²) in [5, 5.41) is 8.58. The van der Waals surface area contributed by atoms with Crippen molar-refractivity contribution in [3.63, 3.8) is 0 Å². The maximum absolute atomic E-state index is 8.58. The molecule has 1 rings (SSSR count). The average Bonchev–Trinajstić information content (AvgIpc) is 2.18. The lowest BCUT2D eigenvalue weighted by atomic mass is 10.2. The van der Waals surface area contributed by atoms with E-state index in [9.17, 15) is 0 Å². The Balaban J connectivity index is 2.84. The molecule has 0 saturated heterocycles. The molecule has 0 fully saturated rings. The first-order valence-corrected chi connectivity index (χ1v) is 5.01. The maximum Gasteiger partial charge on any atom is 0.131 e. The molecule has 0 radical (unpaired) electrons. The Morgan fingerprint density at radius 3 is 2.80 bits per heavy atom. The largest absolute Gasteiger partial charge is 0.384 e. The number of nitriles is 1. The molecule has 0 saturated carbocycles. The molecule has 0 spiro atoms. The molecule has 2 N–H and O–H groups in total. The second-order valence-electron chi connectivity index (χ2n) is 3.62. The van der Waals surface area contributed by atoms with Gasteiger partial charge in [-0.25, -0.2) is 4.98 Å². The highest BCUT2D eigenvalue weighted by atomic mass is 15.2. The van der Waals surface area contributed by atoms with E-state index in [1.165, 1.54) is 0 Å². The van der Waals surface area contributed by atoms with Crippen LogP contribution in [0.1, 0.15) is 20.3 Å². The predicted octanol–water partition coefficient (Wildman–Crippen LogP) is 1.79. The summed E-state index contributed by atoms with van der Waals surface area (Å²) in [5.41, 5.74) is 5.62. The number of rotatable bonds is 4. The van der Waals surface area contributed by atoms with Gasteiger partial charge in [-0.3, -0.25) is 0 Å². The van der Waals surface area contributed by atoms with Crippen LogP contribution in [0.2, 0.25) is 0 Å². The lowest BCUT2D eigenvalue weighted by Crippen LogP contribution is -2.32. The van der Waals surface area contributed by atoms with Gasteiger partial charge in [0.15, 0.2) is 0 Å². The topological polar surface area (TPSA) is 65.9 Å². The van der Waals surface area contributed by atoms with Crippen LogP contribution in [0, 0.1) is 11.3 Å². The zero-order chi connectivity index (χ0) is 11.3. The minimum atomic E-state index is 0.313. The Kier molecular flexibility index (Phi) is 3.92. The van der Waals surface area contributed by atoms with E-state index in [2.05, 4.69) is 29.8 Å².